The summed E-state index contributed by atoms with van der Waals surface area (Å²) in [7, 11) is 0. The second-order valence-electron chi connectivity index (χ2n) is 13.8. The lowest BCUT2D eigenvalue weighted by molar-refractivity contribution is 0.0195. The standard InChI is InChI=1S/C17H24N4O2S.C17H22N4O2S/c2*1-17(2,3)23-16(22)21-8-5-6-12(10-21)13-11-20-9-7-18-14(20)15(19-13)24-4/h7,9,11-12H,5-6,8,10H2,1-4H3;6-7,9,11H,5,8,10H2,1-4H3. The Morgan fingerprint density at radius 2 is 1.40 bits per heavy atom. The lowest BCUT2D eigenvalue weighted by Crippen LogP contribution is -2.42. The van der Waals surface area contributed by atoms with E-state index < -0.39 is 11.2 Å². The third kappa shape index (κ3) is 8.81. The minimum Gasteiger partial charge on any atom is -0.444 e. The second-order valence-corrected chi connectivity index (χ2v) is 15.4. The van der Waals surface area contributed by atoms with Gasteiger partial charge in [0.1, 0.15) is 21.3 Å². The number of thioether (sulfide) groups is 2. The number of rotatable bonds is 4. The normalized spacial score (nSPS) is 17.2. The van der Waals surface area contributed by atoms with Gasteiger partial charge in [0.25, 0.3) is 0 Å². The van der Waals surface area contributed by atoms with E-state index in [0.29, 0.717) is 19.6 Å². The van der Waals surface area contributed by atoms with Crippen molar-refractivity contribution in [3.63, 3.8) is 0 Å². The van der Waals surface area contributed by atoms with Gasteiger partial charge < -0.3 is 28.1 Å². The maximum absolute atomic E-state index is 12.3. The highest BCUT2D eigenvalue weighted by atomic mass is 32.2. The van der Waals surface area contributed by atoms with E-state index in [1.807, 2.05) is 87.6 Å². The molecule has 2 aliphatic heterocycles. The highest BCUT2D eigenvalue weighted by Gasteiger charge is 2.30. The summed E-state index contributed by atoms with van der Waals surface area (Å²) in [6.45, 7) is 13.9. The first kappa shape index (κ1) is 35.5. The van der Waals surface area contributed by atoms with E-state index in [0.717, 1.165) is 64.1 Å². The highest BCUT2D eigenvalue weighted by molar-refractivity contribution is 7.98. The molecule has 2 amide bonds. The van der Waals surface area contributed by atoms with Gasteiger partial charge in [0.15, 0.2) is 11.3 Å². The van der Waals surface area contributed by atoms with Crippen LogP contribution in [0.2, 0.25) is 0 Å². The average molecular weight is 695 g/mol. The smallest absolute Gasteiger partial charge is 0.410 e. The fraction of sp³-hybridized carbons (Fsp3) is 0.529. The van der Waals surface area contributed by atoms with Crippen LogP contribution >= 0.6 is 23.5 Å². The third-order valence-corrected chi connectivity index (χ3v) is 9.04. The average Bonchev–Trinajstić information content (AvgIpc) is 3.73. The number of hydrogen-bond acceptors (Lipinski definition) is 10. The lowest BCUT2D eigenvalue weighted by Gasteiger charge is -2.34. The molecule has 1 saturated heterocycles. The molecular weight excluding hydrogens is 649 g/mol. The first-order valence-electron chi connectivity index (χ1n) is 16.1. The van der Waals surface area contributed by atoms with Crippen molar-refractivity contribution in [1.29, 1.82) is 0 Å². The summed E-state index contributed by atoms with van der Waals surface area (Å²) in [5.74, 6) is 0.226. The minimum absolute atomic E-state index is 0.226. The van der Waals surface area contributed by atoms with Crippen LogP contribution in [0, 0.1) is 0 Å². The molecule has 0 aliphatic carbocycles. The Morgan fingerprint density at radius 1 is 0.812 bits per heavy atom. The number of carbonyl (C=O) groups excluding carboxylic acids is 2. The number of likely N-dealkylation sites (tertiary alicyclic amines) is 1. The van der Waals surface area contributed by atoms with Crippen molar-refractivity contribution in [2.75, 3.05) is 38.7 Å². The van der Waals surface area contributed by atoms with E-state index in [9.17, 15) is 9.59 Å². The molecule has 258 valence electrons. The van der Waals surface area contributed by atoms with Gasteiger partial charge in [0.2, 0.25) is 0 Å². The Labute approximate surface area is 290 Å². The predicted molar refractivity (Wildman–Crippen MR) is 190 cm³/mol. The molecule has 1 atom stereocenters. The summed E-state index contributed by atoms with van der Waals surface area (Å²) >= 11 is 3.17. The molecule has 0 saturated carbocycles. The van der Waals surface area contributed by atoms with Crippen LogP contribution in [0.1, 0.15) is 78.1 Å². The van der Waals surface area contributed by atoms with E-state index >= 15 is 0 Å². The molecular formula is C34H46N8O4S2. The lowest BCUT2D eigenvalue weighted by atomic mass is 9.95. The third-order valence-electron chi connectivity index (χ3n) is 7.71. The molecule has 4 aromatic heterocycles. The summed E-state index contributed by atoms with van der Waals surface area (Å²) in [5, 5.41) is 1.81. The van der Waals surface area contributed by atoms with Crippen molar-refractivity contribution in [3.05, 3.63) is 54.6 Å². The summed E-state index contributed by atoms with van der Waals surface area (Å²) < 4.78 is 15.0. The Hall–Kier alpha value is -3.78. The molecule has 14 heteroatoms. The molecule has 6 rings (SSSR count). The minimum atomic E-state index is -0.488. The van der Waals surface area contributed by atoms with E-state index in [2.05, 4.69) is 16.0 Å². The number of amides is 2. The zero-order valence-electron chi connectivity index (χ0n) is 29.1. The molecule has 0 radical (unpaired) electrons. The number of hydrogen-bond donors (Lipinski definition) is 0. The number of imidazole rings is 2. The van der Waals surface area contributed by atoms with Crippen LogP contribution in [0.3, 0.4) is 0 Å². The van der Waals surface area contributed by atoms with Gasteiger partial charge in [-0.05, 0) is 78.9 Å². The monoisotopic (exact) mass is 694 g/mol. The van der Waals surface area contributed by atoms with E-state index in [1.54, 1.807) is 45.7 Å². The number of aromatic nitrogens is 6. The summed E-state index contributed by atoms with van der Waals surface area (Å²) in [6, 6.07) is 0. The summed E-state index contributed by atoms with van der Waals surface area (Å²) in [6.07, 6.45) is 19.8. The van der Waals surface area contributed by atoms with Crippen molar-refractivity contribution < 1.29 is 19.1 Å². The fourth-order valence-electron chi connectivity index (χ4n) is 5.57. The molecule has 2 aliphatic rings. The number of ether oxygens (including phenoxy) is 2. The van der Waals surface area contributed by atoms with E-state index in [1.165, 1.54) is 0 Å². The maximum atomic E-state index is 12.3. The van der Waals surface area contributed by atoms with E-state index in [-0.39, 0.29) is 18.1 Å². The maximum Gasteiger partial charge on any atom is 0.410 e. The first-order chi connectivity index (χ1) is 22.7. The van der Waals surface area contributed by atoms with Crippen molar-refractivity contribution in [2.24, 2.45) is 0 Å². The quantitative estimate of drug-likeness (QED) is 0.206. The summed E-state index contributed by atoms with van der Waals surface area (Å²) in [5.41, 5.74) is 3.70. The van der Waals surface area contributed by atoms with Gasteiger partial charge in [0, 0.05) is 62.7 Å². The van der Waals surface area contributed by atoms with Gasteiger partial charge >= 0.3 is 12.2 Å². The molecule has 48 heavy (non-hydrogen) atoms. The zero-order valence-corrected chi connectivity index (χ0v) is 30.7. The second kappa shape index (κ2) is 14.8. The predicted octanol–water partition coefficient (Wildman–Crippen LogP) is 7.04. The molecule has 0 bridgehead atoms. The van der Waals surface area contributed by atoms with Crippen LogP contribution in [0.4, 0.5) is 9.59 Å². The molecule has 0 aromatic carbocycles. The Balaban J connectivity index is 0.000000188. The largest absolute Gasteiger partial charge is 0.444 e. The van der Waals surface area contributed by atoms with Crippen molar-refractivity contribution in [2.45, 2.75) is 88.0 Å². The van der Waals surface area contributed by atoms with Gasteiger partial charge in [0.05, 0.1) is 17.9 Å². The molecule has 1 unspecified atom stereocenters. The fourth-order valence-corrected chi connectivity index (χ4v) is 6.64. The van der Waals surface area contributed by atoms with Gasteiger partial charge in [-0.3, -0.25) is 0 Å². The molecule has 0 N–H and O–H groups in total. The topological polar surface area (TPSA) is 119 Å². The van der Waals surface area contributed by atoms with Gasteiger partial charge in [-0.15, -0.1) is 23.5 Å². The number of nitrogens with zero attached hydrogens (tertiary/aromatic N) is 8. The van der Waals surface area contributed by atoms with Crippen molar-refractivity contribution >= 4 is 52.6 Å². The molecule has 0 spiro atoms. The SMILES string of the molecule is CSc1nc(C2=CCCN(C(=O)OC(C)(C)C)C2)cn2ccnc12.CSc1nc(C2CCCN(C(=O)OC(C)(C)C)C2)cn2ccnc12. The Kier molecular flexibility index (Phi) is 10.9. The molecule has 6 heterocycles. The number of piperidine rings is 1. The van der Waals surface area contributed by atoms with Crippen LogP contribution < -0.4 is 0 Å². The van der Waals surface area contributed by atoms with Crippen molar-refractivity contribution in [1.82, 2.24) is 38.5 Å². The zero-order chi connectivity index (χ0) is 34.6. The van der Waals surface area contributed by atoms with Crippen LogP contribution in [0.15, 0.2) is 53.3 Å². The Bertz CT molecular complexity index is 1790. The van der Waals surface area contributed by atoms with Gasteiger partial charge in [-0.1, -0.05) is 6.08 Å². The number of fused-ring (bicyclic) bond motifs is 2. The van der Waals surface area contributed by atoms with Crippen LogP contribution in [0.25, 0.3) is 16.9 Å². The van der Waals surface area contributed by atoms with Crippen molar-refractivity contribution in [3.8, 4) is 0 Å². The van der Waals surface area contributed by atoms with Gasteiger partial charge in [-0.2, -0.15) is 0 Å². The van der Waals surface area contributed by atoms with Crippen LogP contribution in [-0.2, 0) is 9.47 Å². The molecule has 4 aromatic rings. The number of carbonyl (C=O) groups is 2. The van der Waals surface area contributed by atoms with Gasteiger partial charge in [-0.25, -0.2) is 29.5 Å². The first-order valence-corrected chi connectivity index (χ1v) is 18.6. The highest BCUT2D eigenvalue weighted by Crippen LogP contribution is 2.30. The van der Waals surface area contributed by atoms with E-state index in [4.69, 9.17) is 19.4 Å². The molecule has 1 fully saturated rings. The summed E-state index contributed by atoms with van der Waals surface area (Å²) in [4.78, 5) is 46.4. The molecule has 12 nitrogen and oxygen atoms in total. The van der Waals surface area contributed by atoms with Crippen LogP contribution in [0.5, 0.6) is 0 Å². The Morgan fingerprint density at radius 3 is 2.00 bits per heavy atom. The van der Waals surface area contributed by atoms with Crippen LogP contribution in [-0.4, -0.2) is 101 Å².